The largest absolute Gasteiger partial charge is 0.350 e. The maximum Gasteiger partial charge on any atom is 0.205 e. The number of methoxy groups -OCH3 is 2. The van der Waals surface area contributed by atoms with Crippen molar-refractivity contribution < 1.29 is 9.47 Å². The molecule has 3 heterocycles. The first-order chi connectivity index (χ1) is 18.7. The molecule has 0 radical (unpaired) electrons. The third kappa shape index (κ3) is 5.39. The van der Waals surface area contributed by atoms with E-state index in [-0.39, 0.29) is 0 Å². The second kappa shape index (κ2) is 11.9. The molecule has 0 aliphatic carbocycles. The molecule has 0 atom stereocenters. The summed E-state index contributed by atoms with van der Waals surface area (Å²) in [6.07, 6.45) is 8.23. The van der Waals surface area contributed by atoms with Crippen molar-refractivity contribution in [1.82, 2.24) is 35.2 Å². The van der Waals surface area contributed by atoms with E-state index in [0.717, 1.165) is 64.2 Å². The fourth-order valence-electron chi connectivity index (χ4n) is 4.68. The monoisotopic (exact) mass is 509 g/mol. The molecule has 3 aromatic heterocycles. The van der Waals surface area contributed by atoms with Gasteiger partial charge in [0, 0.05) is 51.3 Å². The number of ether oxygens (including phenoxy) is 2. The molecule has 0 aliphatic rings. The molecule has 0 saturated carbocycles. The SMILES string of the molecule is CCCCc1nc(C(OC)OC)cn1Cc1ccc(-c2ccccc2-c2nn[nH]n2)c(-c2ccncc2)c1. The number of aryl methyl sites for hydroxylation is 1. The lowest BCUT2D eigenvalue weighted by molar-refractivity contribution is -0.108. The molecular weight excluding hydrogens is 478 g/mol. The van der Waals surface area contributed by atoms with Gasteiger partial charge in [0.2, 0.25) is 12.1 Å². The highest BCUT2D eigenvalue weighted by Gasteiger charge is 2.18. The minimum Gasteiger partial charge on any atom is -0.350 e. The van der Waals surface area contributed by atoms with Crippen molar-refractivity contribution >= 4 is 0 Å². The van der Waals surface area contributed by atoms with E-state index in [1.807, 2.05) is 48.9 Å². The molecule has 9 heteroatoms. The Morgan fingerprint density at radius 3 is 2.39 bits per heavy atom. The van der Waals surface area contributed by atoms with Crippen LogP contribution in [0.4, 0.5) is 0 Å². The second-order valence-electron chi connectivity index (χ2n) is 9.01. The molecule has 2 aromatic carbocycles. The van der Waals surface area contributed by atoms with E-state index in [9.17, 15) is 0 Å². The molecule has 5 rings (SSSR count). The van der Waals surface area contributed by atoms with Gasteiger partial charge < -0.3 is 14.0 Å². The molecule has 0 unspecified atom stereocenters. The summed E-state index contributed by atoms with van der Waals surface area (Å²) in [5.41, 5.74) is 7.14. The Morgan fingerprint density at radius 2 is 1.68 bits per heavy atom. The number of unbranched alkanes of at least 4 members (excludes halogenated alkanes) is 1. The lowest BCUT2D eigenvalue weighted by atomic mass is 9.90. The van der Waals surface area contributed by atoms with Crippen LogP contribution in [0.15, 0.2) is 73.2 Å². The third-order valence-electron chi connectivity index (χ3n) is 6.53. The van der Waals surface area contributed by atoms with Crippen LogP contribution in [0.25, 0.3) is 33.6 Å². The zero-order chi connectivity index (χ0) is 26.3. The van der Waals surface area contributed by atoms with Gasteiger partial charge in [0.05, 0.1) is 0 Å². The molecule has 38 heavy (non-hydrogen) atoms. The quantitative estimate of drug-likeness (QED) is 0.235. The number of aromatic nitrogens is 7. The van der Waals surface area contributed by atoms with Crippen LogP contribution in [0.2, 0.25) is 0 Å². The summed E-state index contributed by atoms with van der Waals surface area (Å²) in [4.78, 5) is 9.08. The van der Waals surface area contributed by atoms with Crippen molar-refractivity contribution in [1.29, 1.82) is 0 Å². The van der Waals surface area contributed by atoms with Crippen molar-refractivity contribution in [3.8, 4) is 33.6 Å². The number of pyridine rings is 1. The van der Waals surface area contributed by atoms with Gasteiger partial charge in [0.1, 0.15) is 11.5 Å². The van der Waals surface area contributed by atoms with Gasteiger partial charge in [0.25, 0.3) is 0 Å². The normalized spacial score (nSPS) is 11.4. The second-order valence-corrected chi connectivity index (χ2v) is 9.01. The topological polar surface area (TPSA) is 104 Å². The van der Waals surface area contributed by atoms with Crippen molar-refractivity contribution in [3.05, 3.63) is 90.3 Å². The summed E-state index contributed by atoms with van der Waals surface area (Å²) in [7, 11) is 3.26. The lowest BCUT2D eigenvalue weighted by Gasteiger charge is -2.16. The summed E-state index contributed by atoms with van der Waals surface area (Å²) in [5.74, 6) is 1.58. The van der Waals surface area contributed by atoms with Gasteiger partial charge in [-0.15, -0.1) is 10.2 Å². The van der Waals surface area contributed by atoms with Gasteiger partial charge in [-0.1, -0.05) is 49.7 Å². The Morgan fingerprint density at radius 1 is 0.921 bits per heavy atom. The molecule has 0 saturated heterocycles. The molecule has 1 N–H and O–H groups in total. The number of hydrogen-bond acceptors (Lipinski definition) is 7. The van der Waals surface area contributed by atoms with E-state index in [0.29, 0.717) is 12.4 Å². The molecule has 0 amide bonds. The van der Waals surface area contributed by atoms with Crippen LogP contribution in [0.3, 0.4) is 0 Å². The van der Waals surface area contributed by atoms with E-state index in [1.165, 1.54) is 0 Å². The van der Waals surface area contributed by atoms with Crippen molar-refractivity contribution in [2.75, 3.05) is 14.2 Å². The highest BCUT2D eigenvalue weighted by atomic mass is 16.7. The molecular formula is C29H31N7O2. The fourth-order valence-corrected chi connectivity index (χ4v) is 4.68. The fraction of sp³-hybridized carbons (Fsp3) is 0.276. The van der Waals surface area contributed by atoms with Gasteiger partial charge in [-0.2, -0.15) is 5.21 Å². The number of H-pyrrole nitrogens is 1. The van der Waals surface area contributed by atoms with Crippen LogP contribution in [-0.2, 0) is 22.4 Å². The highest BCUT2D eigenvalue weighted by Crippen LogP contribution is 2.37. The smallest absolute Gasteiger partial charge is 0.205 e. The molecule has 0 spiro atoms. The lowest BCUT2D eigenvalue weighted by Crippen LogP contribution is -2.05. The first kappa shape index (κ1) is 25.4. The van der Waals surface area contributed by atoms with E-state index < -0.39 is 6.29 Å². The van der Waals surface area contributed by atoms with Crippen molar-refractivity contribution in [2.45, 2.75) is 39.0 Å². The number of nitrogens with one attached hydrogen (secondary N) is 1. The van der Waals surface area contributed by atoms with Gasteiger partial charge in [-0.25, -0.2) is 4.98 Å². The molecule has 0 bridgehead atoms. The Labute approximate surface area is 221 Å². The summed E-state index contributed by atoms with van der Waals surface area (Å²) >= 11 is 0. The molecule has 9 nitrogen and oxygen atoms in total. The maximum absolute atomic E-state index is 5.47. The zero-order valence-corrected chi connectivity index (χ0v) is 21.8. The van der Waals surface area contributed by atoms with Crippen LogP contribution in [-0.4, -0.2) is 49.4 Å². The van der Waals surface area contributed by atoms with Crippen LogP contribution >= 0.6 is 0 Å². The predicted molar refractivity (Wildman–Crippen MR) is 145 cm³/mol. The van der Waals surface area contributed by atoms with Gasteiger partial charge in [-0.05, 0) is 57.7 Å². The number of tetrazole rings is 1. The molecule has 0 aliphatic heterocycles. The Bertz CT molecular complexity index is 1460. The number of imidazole rings is 1. The highest BCUT2D eigenvalue weighted by molar-refractivity contribution is 5.90. The molecule has 5 aromatic rings. The van der Waals surface area contributed by atoms with E-state index in [4.69, 9.17) is 14.5 Å². The molecule has 194 valence electrons. The number of aromatic amines is 1. The zero-order valence-electron chi connectivity index (χ0n) is 21.8. The average Bonchev–Trinajstić information content (AvgIpc) is 3.64. The minimum absolute atomic E-state index is 0.493. The van der Waals surface area contributed by atoms with Crippen LogP contribution < -0.4 is 0 Å². The van der Waals surface area contributed by atoms with Gasteiger partial charge >= 0.3 is 0 Å². The first-order valence-electron chi connectivity index (χ1n) is 12.7. The van der Waals surface area contributed by atoms with E-state index in [2.05, 4.69) is 61.4 Å². The number of hydrogen-bond donors (Lipinski definition) is 1. The summed E-state index contributed by atoms with van der Waals surface area (Å²) < 4.78 is 13.1. The third-order valence-corrected chi connectivity index (χ3v) is 6.53. The number of rotatable bonds is 11. The maximum atomic E-state index is 5.47. The van der Waals surface area contributed by atoms with E-state index in [1.54, 1.807) is 14.2 Å². The van der Waals surface area contributed by atoms with Crippen LogP contribution in [0.1, 0.15) is 43.1 Å². The van der Waals surface area contributed by atoms with Gasteiger partial charge in [0.15, 0.2) is 0 Å². The van der Waals surface area contributed by atoms with Crippen LogP contribution in [0, 0.1) is 0 Å². The summed E-state index contributed by atoms with van der Waals surface area (Å²) in [6, 6.07) is 18.8. The Kier molecular flexibility index (Phi) is 7.96. The summed E-state index contributed by atoms with van der Waals surface area (Å²) in [5, 5.41) is 14.8. The van der Waals surface area contributed by atoms with Crippen LogP contribution in [0.5, 0.6) is 0 Å². The standard InChI is InChI=1S/C29H31N7O2/c1-4-5-10-27-31-26(29(37-2)38-3)19-36(27)18-20-11-12-23(25(17-20)21-13-15-30-16-14-21)22-8-6-7-9-24(22)28-32-34-35-33-28/h6-9,11-17,19,29H,4-5,10,18H2,1-3H3,(H,32,33,34,35). The predicted octanol–water partition coefficient (Wildman–Crippen LogP) is 5.47. The van der Waals surface area contributed by atoms with Gasteiger partial charge in [-0.3, -0.25) is 4.98 Å². The van der Waals surface area contributed by atoms with Crippen molar-refractivity contribution in [2.24, 2.45) is 0 Å². The summed E-state index contributed by atoms with van der Waals surface area (Å²) in [6.45, 7) is 2.87. The first-order valence-corrected chi connectivity index (χ1v) is 12.7. The van der Waals surface area contributed by atoms with Crippen molar-refractivity contribution in [3.63, 3.8) is 0 Å². The van der Waals surface area contributed by atoms with E-state index >= 15 is 0 Å². The number of nitrogens with zero attached hydrogens (tertiary/aromatic N) is 6. The Balaban J connectivity index is 1.58. The average molecular weight is 510 g/mol. The molecule has 0 fully saturated rings. The Hall–Kier alpha value is -4.21. The number of benzene rings is 2. The minimum atomic E-state index is -0.493.